The molecule has 49 heavy (non-hydrogen) atoms. The molecular formula is C37H49N5O7. The molecule has 0 aromatic heterocycles. The molecule has 4 rings (SSSR count). The number of anilines is 3. The number of carbonyl (C=O) groups is 3. The van der Waals surface area contributed by atoms with Crippen molar-refractivity contribution >= 4 is 35.0 Å². The van der Waals surface area contributed by atoms with Gasteiger partial charge in [0.05, 0.1) is 37.5 Å². The Hall–Kier alpha value is -4.81. The quantitative estimate of drug-likeness (QED) is 0.220. The second-order valence-electron chi connectivity index (χ2n) is 12.5. The molecule has 1 heterocycles. The SMILES string of the molecule is COc1ccc(NC(=O)Nc2ccc3c(c2)C(=O)N([C@H](C)CO)C[C@H](C)[C@H](CN(C)C(=O)Nc2ccccc2)OCCCC[C@@H](C)O3)cc1. The van der Waals surface area contributed by atoms with Crippen LogP contribution in [0.4, 0.5) is 26.7 Å². The van der Waals surface area contributed by atoms with Gasteiger partial charge in [-0.25, -0.2) is 9.59 Å². The fourth-order valence-corrected chi connectivity index (χ4v) is 5.52. The van der Waals surface area contributed by atoms with E-state index in [2.05, 4.69) is 16.0 Å². The maximum Gasteiger partial charge on any atom is 0.323 e. The second-order valence-corrected chi connectivity index (χ2v) is 12.5. The molecular weight excluding hydrogens is 626 g/mol. The van der Waals surface area contributed by atoms with Gasteiger partial charge in [-0.15, -0.1) is 0 Å². The van der Waals surface area contributed by atoms with Crippen LogP contribution >= 0.6 is 0 Å². The van der Waals surface area contributed by atoms with E-state index in [9.17, 15) is 19.5 Å². The summed E-state index contributed by atoms with van der Waals surface area (Å²) in [6.07, 6.45) is 1.79. The van der Waals surface area contributed by atoms with Crippen molar-refractivity contribution in [3.8, 4) is 11.5 Å². The van der Waals surface area contributed by atoms with Crippen LogP contribution in [-0.2, 0) is 4.74 Å². The number of nitrogens with zero attached hydrogens (tertiary/aromatic N) is 2. The number of carbonyl (C=O) groups excluding carboxylic acids is 3. The van der Waals surface area contributed by atoms with Crippen LogP contribution in [0.3, 0.4) is 0 Å². The van der Waals surface area contributed by atoms with Gasteiger partial charge < -0.3 is 45.1 Å². The molecule has 1 aliphatic rings. The Bertz CT molecular complexity index is 1520. The Morgan fingerprint density at radius 2 is 1.65 bits per heavy atom. The predicted octanol–water partition coefficient (Wildman–Crippen LogP) is 6.30. The predicted molar refractivity (Wildman–Crippen MR) is 191 cm³/mol. The molecule has 264 valence electrons. The number of amides is 5. The summed E-state index contributed by atoms with van der Waals surface area (Å²) in [7, 11) is 3.28. The van der Waals surface area contributed by atoms with Crippen molar-refractivity contribution in [2.75, 3.05) is 56.4 Å². The number of rotatable bonds is 8. The number of ether oxygens (including phenoxy) is 3. The highest BCUT2D eigenvalue weighted by Crippen LogP contribution is 2.29. The van der Waals surface area contributed by atoms with Gasteiger partial charge in [0.1, 0.15) is 11.5 Å². The van der Waals surface area contributed by atoms with Gasteiger partial charge in [-0.3, -0.25) is 4.79 Å². The third-order valence-electron chi connectivity index (χ3n) is 8.48. The van der Waals surface area contributed by atoms with E-state index in [1.807, 2.05) is 44.2 Å². The van der Waals surface area contributed by atoms with Crippen LogP contribution in [0.2, 0.25) is 0 Å². The highest BCUT2D eigenvalue weighted by atomic mass is 16.5. The fraction of sp³-hybridized carbons (Fsp3) is 0.432. The van der Waals surface area contributed by atoms with Gasteiger partial charge in [-0.1, -0.05) is 25.1 Å². The van der Waals surface area contributed by atoms with Crippen molar-refractivity contribution in [1.82, 2.24) is 9.80 Å². The van der Waals surface area contributed by atoms with E-state index < -0.39 is 18.2 Å². The monoisotopic (exact) mass is 675 g/mol. The molecule has 0 saturated heterocycles. The van der Waals surface area contributed by atoms with Gasteiger partial charge in [0.15, 0.2) is 0 Å². The average Bonchev–Trinajstić information content (AvgIpc) is 3.10. The number of fused-ring (bicyclic) bond motifs is 1. The maximum atomic E-state index is 14.4. The molecule has 0 fully saturated rings. The number of benzene rings is 3. The van der Waals surface area contributed by atoms with Crippen molar-refractivity contribution in [1.29, 1.82) is 0 Å². The lowest BCUT2D eigenvalue weighted by Crippen LogP contribution is -2.48. The summed E-state index contributed by atoms with van der Waals surface area (Å²) in [4.78, 5) is 43.5. The molecule has 5 amide bonds. The van der Waals surface area contributed by atoms with Crippen molar-refractivity contribution in [2.24, 2.45) is 5.92 Å². The summed E-state index contributed by atoms with van der Waals surface area (Å²) >= 11 is 0. The van der Waals surface area contributed by atoms with Crippen LogP contribution in [0.1, 0.15) is 50.4 Å². The minimum absolute atomic E-state index is 0.196. The Morgan fingerprint density at radius 3 is 2.35 bits per heavy atom. The number of para-hydroxylation sites is 1. The molecule has 0 spiro atoms. The zero-order valence-electron chi connectivity index (χ0n) is 29.0. The maximum absolute atomic E-state index is 14.4. The van der Waals surface area contributed by atoms with Crippen LogP contribution in [0.5, 0.6) is 11.5 Å². The first kappa shape index (κ1) is 37.0. The highest BCUT2D eigenvalue weighted by molar-refractivity contribution is 6.02. The Labute approximate surface area is 288 Å². The minimum Gasteiger partial charge on any atom is -0.497 e. The zero-order chi connectivity index (χ0) is 35.3. The summed E-state index contributed by atoms with van der Waals surface area (Å²) in [6.45, 7) is 6.46. The minimum atomic E-state index is -0.539. The van der Waals surface area contributed by atoms with Crippen LogP contribution in [0, 0.1) is 5.92 Å². The fourth-order valence-electron chi connectivity index (χ4n) is 5.52. The molecule has 12 heteroatoms. The molecule has 0 saturated carbocycles. The first-order valence-electron chi connectivity index (χ1n) is 16.7. The molecule has 3 aromatic carbocycles. The third kappa shape index (κ3) is 10.8. The van der Waals surface area contributed by atoms with E-state index >= 15 is 0 Å². The van der Waals surface area contributed by atoms with Crippen molar-refractivity contribution in [2.45, 2.75) is 58.3 Å². The summed E-state index contributed by atoms with van der Waals surface area (Å²) in [6, 6.07) is 19.8. The van der Waals surface area contributed by atoms with E-state index in [-0.39, 0.29) is 42.7 Å². The number of hydrogen-bond donors (Lipinski definition) is 4. The molecule has 0 unspecified atom stereocenters. The van der Waals surface area contributed by atoms with E-state index in [0.717, 1.165) is 19.3 Å². The van der Waals surface area contributed by atoms with Gasteiger partial charge in [-0.05, 0) is 87.7 Å². The summed E-state index contributed by atoms with van der Waals surface area (Å²) < 4.78 is 17.8. The third-order valence-corrected chi connectivity index (χ3v) is 8.48. The largest absolute Gasteiger partial charge is 0.497 e. The van der Waals surface area contributed by atoms with Crippen molar-refractivity contribution in [3.05, 3.63) is 78.4 Å². The Balaban J connectivity index is 1.57. The van der Waals surface area contributed by atoms with Crippen LogP contribution in [-0.4, -0.2) is 91.6 Å². The van der Waals surface area contributed by atoms with Gasteiger partial charge in [0, 0.05) is 49.7 Å². The lowest BCUT2D eigenvalue weighted by atomic mass is 10.0. The number of aliphatic hydroxyl groups excluding tert-OH is 1. The van der Waals surface area contributed by atoms with Crippen molar-refractivity contribution in [3.63, 3.8) is 0 Å². The molecule has 3 aromatic rings. The van der Waals surface area contributed by atoms with E-state index in [1.54, 1.807) is 73.3 Å². The lowest BCUT2D eigenvalue weighted by molar-refractivity contribution is -0.0115. The van der Waals surface area contributed by atoms with Crippen molar-refractivity contribution < 1.29 is 33.7 Å². The zero-order valence-corrected chi connectivity index (χ0v) is 29.0. The molecule has 0 bridgehead atoms. The van der Waals surface area contributed by atoms with Gasteiger partial charge in [-0.2, -0.15) is 0 Å². The number of aliphatic hydroxyl groups is 1. The van der Waals surface area contributed by atoms with Crippen LogP contribution in [0.15, 0.2) is 72.8 Å². The number of methoxy groups -OCH3 is 1. The van der Waals surface area contributed by atoms with Crippen LogP contribution < -0.4 is 25.4 Å². The Kier molecular flexibility index (Phi) is 13.7. The first-order valence-corrected chi connectivity index (χ1v) is 16.7. The number of nitrogens with one attached hydrogen (secondary N) is 3. The summed E-state index contributed by atoms with van der Waals surface area (Å²) in [5, 5.41) is 18.7. The molecule has 4 N–H and O–H groups in total. The van der Waals surface area contributed by atoms with Gasteiger partial charge >= 0.3 is 12.1 Å². The van der Waals surface area contributed by atoms with Gasteiger partial charge in [0.2, 0.25) is 0 Å². The molecule has 4 atom stereocenters. The van der Waals surface area contributed by atoms with E-state index in [1.165, 1.54) is 0 Å². The smallest absolute Gasteiger partial charge is 0.323 e. The second kappa shape index (κ2) is 18.1. The normalized spacial score (nSPS) is 19.3. The van der Waals surface area contributed by atoms with Gasteiger partial charge in [0.25, 0.3) is 5.91 Å². The number of hydrogen-bond acceptors (Lipinski definition) is 7. The molecule has 12 nitrogen and oxygen atoms in total. The standard InChI is InChI=1S/C37H49N5O7/c1-25-22-42(26(2)24-43)35(44)32-21-30(39-36(45)38-29-14-17-31(47-5)18-15-29)16-19-33(32)49-27(3)11-9-10-20-48-34(25)23-41(4)37(46)40-28-12-7-6-8-13-28/h6-8,12-19,21,25-27,34,43H,9-11,20,22-24H2,1-5H3,(H,40,46)(H2,38,39,45)/t25-,26+,27+,34-/m0/s1. The topological polar surface area (TPSA) is 142 Å². The Morgan fingerprint density at radius 1 is 0.980 bits per heavy atom. The highest BCUT2D eigenvalue weighted by Gasteiger charge is 2.31. The molecule has 1 aliphatic heterocycles. The summed E-state index contributed by atoms with van der Waals surface area (Å²) in [5.74, 6) is 0.483. The first-order chi connectivity index (χ1) is 23.6. The molecule has 0 aliphatic carbocycles. The molecule has 0 radical (unpaired) electrons. The summed E-state index contributed by atoms with van der Waals surface area (Å²) in [5.41, 5.74) is 1.92. The number of likely N-dealkylation sites (N-methyl/N-ethyl adjacent to an activating group) is 1. The number of urea groups is 2. The van der Waals surface area contributed by atoms with E-state index in [0.29, 0.717) is 41.7 Å². The lowest BCUT2D eigenvalue weighted by Gasteiger charge is -2.35. The van der Waals surface area contributed by atoms with E-state index in [4.69, 9.17) is 14.2 Å². The van der Waals surface area contributed by atoms with Crippen LogP contribution in [0.25, 0.3) is 0 Å². The average molecular weight is 676 g/mol.